The van der Waals surface area contributed by atoms with Gasteiger partial charge in [-0.25, -0.2) is 0 Å². The van der Waals surface area contributed by atoms with E-state index in [1.165, 1.54) is 5.57 Å². The van der Waals surface area contributed by atoms with Crippen molar-refractivity contribution in [2.24, 2.45) is 0 Å². The lowest BCUT2D eigenvalue weighted by Crippen LogP contribution is -2.36. The topological polar surface area (TPSA) is 68.2 Å². The summed E-state index contributed by atoms with van der Waals surface area (Å²) in [6.07, 6.45) is 3.44. The van der Waals surface area contributed by atoms with Crippen LogP contribution in [0.25, 0.3) is 0 Å². The van der Waals surface area contributed by atoms with Crippen LogP contribution < -0.4 is 10.6 Å². The van der Waals surface area contributed by atoms with Crippen molar-refractivity contribution in [1.82, 2.24) is 15.1 Å². The van der Waals surface area contributed by atoms with E-state index in [0.717, 1.165) is 18.7 Å². The van der Waals surface area contributed by atoms with Crippen molar-refractivity contribution in [2.45, 2.75) is 13.5 Å². The molecule has 98 valence electrons. The SMILES string of the molecule is COCCn1cc(NC(=O)C(C)=C2CNC2)cn1. The molecule has 0 atom stereocenters. The van der Waals surface area contributed by atoms with E-state index in [9.17, 15) is 4.79 Å². The molecule has 0 bridgehead atoms. The Kier molecular flexibility index (Phi) is 4.11. The molecule has 1 aromatic heterocycles. The zero-order valence-electron chi connectivity index (χ0n) is 10.7. The van der Waals surface area contributed by atoms with E-state index in [1.807, 2.05) is 6.92 Å². The lowest BCUT2D eigenvalue weighted by atomic mass is 10.0. The number of nitrogens with zero attached hydrogens (tertiary/aromatic N) is 2. The zero-order valence-corrected chi connectivity index (χ0v) is 10.7. The highest BCUT2D eigenvalue weighted by atomic mass is 16.5. The molecular weight excluding hydrogens is 232 g/mol. The Hall–Kier alpha value is -1.66. The van der Waals surface area contributed by atoms with Gasteiger partial charge in [0.15, 0.2) is 0 Å². The Morgan fingerprint density at radius 2 is 2.39 bits per heavy atom. The third-order valence-corrected chi connectivity index (χ3v) is 2.96. The maximum Gasteiger partial charge on any atom is 0.251 e. The van der Waals surface area contributed by atoms with Gasteiger partial charge >= 0.3 is 0 Å². The molecule has 0 unspecified atom stereocenters. The summed E-state index contributed by atoms with van der Waals surface area (Å²) < 4.78 is 6.71. The summed E-state index contributed by atoms with van der Waals surface area (Å²) in [6, 6.07) is 0. The third-order valence-electron chi connectivity index (χ3n) is 2.96. The van der Waals surface area contributed by atoms with Crippen LogP contribution in [0.3, 0.4) is 0 Å². The number of nitrogens with one attached hydrogen (secondary N) is 2. The van der Waals surface area contributed by atoms with Gasteiger partial charge in [-0.2, -0.15) is 5.10 Å². The van der Waals surface area contributed by atoms with E-state index >= 15 is 0 Å². The van der Waals surface area contributed by atoms with Crippen LogP contribution in [0.2, 0.25) is 0 Å². The highest BCUT2D eigenvalue weighted by Gasteiger charge is 2.16. The van der Waals surface area contributed by atoms with Gasteiger partial charge < -0.3 is 15.4 Å². The van der Waals surface area contributed by atoms with E-state index in [1.54, 1.807) is 24.2 Å². The van der Waals surface area contributed by atoms with Crippen LogP contribution >= 0.6 is 0 Å². The maximum absolute atomic E-state index is 11.9. The molecule has 1 aromatic rings. The third kappa shape index (κ3) is 2.96. The lowest BCUT2D eigenvalue weighted by Gasteiger charge is -2.21. The first-order valence-corrected chi connectivity index (χ1v) is 5.93. The zero-order chi connectivity index (χ0) is 13.0. The fourth-order valence-corrected chi connectivity index (χ4v) is 1.64. The predicted octanol–water partition coefficient (Wildman–Crippen LogP) is 0.388. The molecule has 1 fully saturated rings. The molecule has 1 saturated heterocycles. The summed E-state index contributed by atoms with van der Waals surface area (Å²) in [6.45, 7) is 4.75. The number of methoxy groups -OCH3 is 1. The van der Waals surface area contributed by atoms with Gasteiger partial charge in [-0.1, -0.05) is 0 Å². The molecule has 0 aromatic carbocycles. The molecule has 0 spiro atoms. The van der Waals surface area contributed by atoms with Crippen LogP contribution in [0.1, 0.15) is 6.92 Å². The Balaban J connectivity index is 1.92. The van der Waals surface area contributed by atoms with Crippen LogP contribution in [0.5, 0.6) is 0 Å². The molecule has 2 N–H and O–H groups in total. The van der Waals surface area contributed by atoms with Crippen molar-refractivity contribution < 1.29 is 9.53 Å². The maximum atomic E-state index is 11.9. The molecular formula is C12H18N4O2. The number of rotatable bonds is 5. The van der Waals surface area contributed by atoms with Crippen LogP contribution in [-0.2, 0) is 16.1 Å². The molecule has 0 radical (unpaired) electrons. The van der Waals surface area contributed by atoms with Crippen molar-refractivity contribution in [3.05, 3.63) is 23.5 Å². The van der Waals surface area contributed by atoms with Crippen molar-refractivity contribution in [2.75, 3.05) is 32.1 Å². The number of amides is 1. The average molecular weight is 250 g/mol. The monoisotopic (exact) mass is 250 g/mol. The molecule has 2 heterocycles. The fraction of sp³-hybridized carbons (Fsp3) is 0.500. The van der Waals surface area contributed by atoms with E-state index < -0.39 is 0 Å². The smallest absolute Gasteiger partial charge is 0.251 e. The summed E-state index contributed by atoms with van der Waals surface area (Å²) in [5.74, 6) is -0.0576. The minimum atomic E-state index is -0.0576. The quantitative estimate of drug-likeness (QED) is 0.742. The second-order valence-corrected chi connectivity index (χ2v) is 4.27. The van der Waals surface area contributed by atoms with Gasteiger partial charge in [-0.3, -0.25) is 9.48 Å². The number of hydrogen-bond donors (Lipinski definition) is 2. The van der Waals surface area contributed by atoms with Crippen molar-refractivity contribution >= 4 is 11.6 Å². The van der Waals surface area contributed by atoms with Crippen molar-refractivity contribution in [3.8, 4) is 0 Å². The fourth-order valence-electron chi connectivity index (χ4n) is 1.64. The van der Waals surface area contributed by atoms with Crippen LogP contribution in [0.4, 0.5) is 5.69 Å². The average Bonchev–Trinajstić information content (AvgIpc) is 2.71. The lowest BCUT2D eigenvalue weighted by molar-refractivity contribution is -0.112. The Bertz CT molecular complexity index is 458. The summed E-state index contributed by atoms with van der Waals surface area (Å²) in [5.41, 5.74) is 2.67. The van der Waals surface area contributed by atoms with Crippen molar-refractivity contribution in [3.63, 3.8) is 0 Å². The minimum Gasteiger partial charge on any atom is -0.383 e. The first kappa shape index (κ1) is 12.8. The summed E-state index contributed by atoms with van der Waals surface area (Å²) in [4.78, 5) is 11.9. The number of anilines is 1. The van der Waals surface area contributed by atoms with E-state index in [-0.39, 0.29) is 5.91 Å². The van der Waals surface area contributed by atoms with Gasteiger partial charge in [0.25, 0.3) is 5.91 Å². The van der Waals surface area contributed by atoms with E-state index in [4.69, 9.17) is 4.74 Å². The molecule has 6 nitrogen and oxygen atoms in total. The summed E-state index contributed by atoms with van der Waals surface area (Å²) in [5, 5.41) is 10.1. The summed E-state index contributed by atoms with van der Waals surface area (Å²) >= 11 is 0. The first-order chi connectivity index (χ1) is 8.70. The van der Waals surface area contributed by atoms with Gasteiger partial charge in [-0.15, -0.1) is 0 Å². The normalized spacial score (nSPS) is 14.2. The van der Waals surface area contributed by atoms with Gasteiger partial charge in [0.1, 0.15) is 0 Å². The number of ether oxygens (including phenoxy) is 1. The molecule has 1 amide bonds. The van der Waals surface area contributed by atoms with Crippen molar-refractivity contribution in [1.29, 1.82) is 0 Å². The number of hydrogen-bond acceptors (Lipinski definition) is 4. The van der Waals surface area contributed by atoms with Gasteiger partial charge in [0.05, 0.1) is 25.0 Å². The van der Waals surface area contributed by atoms with Gasteiger partial charge in [-0.05, 0) is 12.5 Å². The molecule has 1 aliphatic heterocycles. The number of aromatic nitrogens is 2. The number of carbonyl (C=O) groups excluding carboxylic acids is 1. The van der Waals surface area contributed by atoms with Gasteiger partial charge in [0.2, 0.25) is 0 Å². The van der Waals surface area contributed by atoms with Gasteiger partial charge in [0, 0.05) is 32.0 Å². The van der Waals surface area contributed by atoms with Crippen LogP contribution in [-0.4, -0.2) is 42.5 Å². The number of carbonyl (C=O) groups is 1. The highest BCUT2D eigenvalue weighted by Crippen LogP contribution is 2.12. The summed E-state index contributed by atoms with van der Waals surface area (Å²) in [7, 11) is 1.65. The van der Waals surface area contributed by atoms with E-state index in [0.29, 0.717) is 18.8 Å². The molecule has 18 heavy (non-hydrogen) atoms. The Labute approximate surface area is 106 Å². The molecule has 6 heteroatoms. The second-order valence-electron chi connectivity index (χ2n) is 4.27. The minimum absolute atomic E-state index is 0.0576. The molecule has 0 saturated carbocycles. The molecule has 2 rings (SSSR count). The second kappa shape index (κ2) is 5.79. The van der Waals surface area contributed by atoms with Crippen LogP contribution in [0.15, 0.2) is 23.5 Å². The largest absolute Gasteiger partial charge is 0.383 e. The molecule has 1 aliphatic rings. The standard InChI is InChI=1S/C12H18N4O2/c1-9(10-5-13-6-10)12(17)15-11-7-14-16(8-11)3-4-18-2/h7-8,13H,3-6H2,1-2H3,(H,15,17). The highest BCUT2D eigenvalue weighted by molar-refractivity contribution is 6.03. The Morgan fingerprint density at radius 3 is 3.00 bits per heavy atom. The van der Waals surface area contributed by atoms with E-state index in [2.05, 4.69) is 15.7 Å². The predicted molar refractivity (Wildman–Crippen MR) is 68.3 cm³/mol. The molecule has 0 aliphatic carbocycles. The Morgan fingerprint density at radius 1 is 1.61 bits per heavy atom. The van der Waals surface area contributed by atoms with Crippen LogP contribution in [0, 0.1) is 0 Å². The first-order valence-electron chi connectivity index (χ1n) is 5.93.